The highest BCUT2D eigenvalue weighted by Crippen LogP contribution is 2.37. The predicted molar refractivity (Wildman–Crippen MR) is 260 cm³/mol. The molecule has 1 aliphatic carbocycles. The number of carbonyl (C=O) groups is 5. The van der Waals surface area contributed by atoms with Crippen LogP contribution in [0.5, 0.6) is 0 Å². The minimum Gasteiger partial charge on any atom is -0.460 e. The second kappa shape index (κ2) is 28.0. The molecule has 392 valence electrons. The van der Waals surface area contributed by atoms with Crippen molar-refractivity contribution in [3.05, 3.63) is 47.6 Å². The number of allylic oxidation sites excluding steroid dienone is 6. The number of Topliss-reactive ketones (excluding diaryl/α,β-unsaturated/α-hetero) is 3. The number of fused-ring (bicyclic) bond motifs is 2. The Morgan fingerprint density at radius 3 is 2.23 bits per heavy atom. The van der Waals surface area contributed by atoms with Gasteiger partial charge in [-0.15, -0.1) is 0 Å². The first kappa shape index (κ1) is 59.8. The summed E-state index contributed by atoms with van der Waals surface area (Å²) in [5.74, 6) is -8.90. The number of likely N-dealkylation sites (N-methyl/N-ethyl adjacent to an activating group) is 1. The SMILES string of the molecule is COCCO[C@@H]1CC[C@@H](C[C@@H](C)C2CC(=O)C(C)/C=C(/C)C(O)C(OC)C(=O)C(C)CC\C=C/C=C\C=C(\C)C(NS(C)(=O)=O)C[C@H]3CC[C@H](C)[C@](O)(O3)C(=O)C(=O)N(C)C(C)C(=O)O2)C[C@H]1OC. The van der Waals surface area contributed by atoms with E-state index in [1.807, 2.05) is 13.0 Å². The van der Waals surface area contributed by atoms with Crippen LogP contribution in [0.3, 0.4) is 0 Å². The molecule has 1 saturated heterocycles. The van der Waals surface area contributed by atoms with Gasteiger partial charge in [0.15, 0.2) is 5.78 Å². The zero-order chi connectivity index (χ0) is 51.8. The number of aliphatic hydroxyl groups is 2. The summed E-state index contributed by atoms with van der Waals surface area (Å²) in [4.78, 5) is 70.6. The van der Waals surface area contributed by atoms with E-state index in [0.717, 1.165) is 24.0 Å². The number of methoxy groups -OCH3 is 3. The highest BCUT2D eigenvalue weighted by molar-refractivity contribution is 7.88. The molecule has 69 heavy (non-hydrogen) atoms. The van der Waals surface area contributed by atoms with Gasteiger partial charge in [0.25, 0.3) is 11.7 Å². The van der Waals surface area contributed by atoms with Gasteiger partial charge in [-0.1, -0.05) is 69.7 Å². The number of hydrogen-bond acceptors (Lipinski definition) is 15. The van der Waals surface area contributed by atoms with Crippen LogP contribution in [0, 0.1) is 29.6 Å². The molecule has 2 bridgehead atoms. The summed E-state index contributed by atoms with van der Waals surface area (Å²) in [7, 11) is 2.10. The van der Waals surface area contributed by atoms with Crippen LogP contribution in [0.2, 0.25) is 0 Å². The first-order chi connectivity index (χ1) is 32.4. The van der Waals surface area contributed by atoms with E-state index in [1.165, 1.54) is 21.1 Å². The first-order valence-corrected chi connectivity index (χ1v) is 26.3. The average molecular weight is 995 g/mol. The number of hydrogen-bond donors (Lipinski definition) is 3. The fourth-order valence-electron chi connectivity index (χ4n) is 9.34. The van der Waals surface area contributed by atoms with Gasteiger partial charge in [-0.05, 0) is 96.0 Å². The number of nitrogens with one attached hydrogen (secondary N) is 1. The van der Waals surface area contributed by atoms with E-state index in [-0.39, 0.29) is 54.9 Å². The van der Waals surface area contributed by atoms with Crippen molar-refractivity contribution in [2.45, 2.75) is 167 Å². The summed E-state index contributed by atoms with van der Waals surface area (Å²) in [6.07, 6.45) is 11.0. The molecule has 0 spiro atoms. The summed E-state index contributed by atoms with van der Waals surface area (Å²) in [6.45, 7) is 12.5. The van der Waals surface area contributed by atoms with E-state index in [0.29, 0.717) is 56.5 Å². The molecule has 0 aromatic carbocycles. The molecule has 7 unspecified atom stereocenters. The molecule has 1 amide bonds. The van der Waals surface area contributed by atoms with Gasteiger partial charge in [0.05, 0.1) is 37.8 Å². The van der Waals surface area contributed by atoms with Gasteiger partial charge >= 0.3 is 5.97 Å². The summed E-state index contributed by atoms with van der Waals surface area (Å²) in [6, 6.07) is -2.15. The topological polar surface area (TPSA) is 231 Å². The van der Waals surface area contributed by atoms with Crippen LogP contribution in [0.4, 0.5) is 0 Å². The minimum absolute atomic E-state index is 0.0267. The zero-order valence-corrected chi connectivity index (χ0v) is 43.8. The van der Waals surface area contributed by atoms with Crippen molar-refractivity contribution in [1.82, 2.24) is 9.62 Å². The van der Waals surface area contributed by atoms with Gasteiger partial charge in [0, 0.05) is 58.6 Å². The largest absolute Gasteiger partial charge is 0.460 e. The lowest BCUT2D eigenvalue weighted by molar-refractivity contribution is -0.263. The Kier molecular flexibility index (Phi) is 24.2. The van der Waals surface area contributed by atoms with Crippen LogP contribution >= 0.6 is 0 Å². The van der Waals surface area contributed by atoms with Crippen molar-refractivity contribution < 1.29 is 71.0 Å². The number of esters is 1. The molecule has 2 fully saturated rings. The third-order valence-corrected chi connectivity index (χ3v) is 14.9. The Morgan fingerprint density at radius 1 is 0.899 bits per heavy atom. The lowest BCUT2D eigenvalue weighted by atomic mass is 9.78. The lowest BCUT2D eigenvalue weighted by Crippen LogP contribution is -2.59. The summed E-state index contributed by atoms with van der Waals surface area (Å²) < 4.78 is 62.3. The zero-order valence-electron chi connectivity index (χ0n) is 43.0. The van der Waals surface area contributed by atoms with E-state index in [1.54, 1.807) is 79.2 Å². The summed E-state index contributed by atoms with van der Waals surface area (Å²) in [5.41, 5.74) is 0.967. The van der Waals surface area contributed by atoms with Gasteiger partial charge in [-0.3, -0.25) is 19.2 Å². The molecule has 1 saturated carbocycles. The number of ether oxygens (including phenoxy) is 6. The Labute approximate surface area is 410 Å². The quantitative estimate of drug-likeness (QED) is 0.107. The molecule has 0 aromatic rings. The van der Waals surface area contributed by atoms with E-state index >= 15 is 0 Å². The van der Waals surface area contributed by atoms with E-state index < -0.39 is 87.7 Å². The average Bonchev–Trinajstić information content (AvgIpc) is 3.30. The molecule has 18 heteroatoms. The number of rotatable bonds is 11. The maximum absolute atomic E-state index is 14.1. The Balaban J connectivity index is 2.02. The number of amides is 1. The molecule has 17 nitrogen and oxygen atoms in total. The number of ketones is 3. The third-order valence-electron chi connectivity index (χ3n) is 14.2. The summed E-state index contributed by atoms with van der Waals surface area (Å²) >= 11 is 0. The molecular weight excluding hydrogens is 913 g/mol. The molecule has 0 aromatic heterocycles. The lowest BCUT2D eigenvalue weighted by Gasteiger charge is -2.42. The van der Waals surface area contributed by atoms with Crippen molar-refractivity contribution in [3.63, 3.8) is 0 Å². The number of cyclic esters (lactones) is 1. The van der Waals surface area contributed by atoms with Crippen LogP contribution in [-0.2, 0) is 62.4 Å². The molecule has 3 N–H and O–H groups in total. The van der Waals surface area contributed by atoms with Crippen molar-refractivity contribution in [3.8, 4) is 0 Å². The number of aliphatic hydroxyl groups excluding tert-OH is 1. The maximum atomic E-state index is 14.1. The number of nitrogens with zero attached hydrogens (tertiary/aromatic N) is 1. The summed E-state index contributed by atoms with van der Waals surface area (Å²) in [5, 5.41) is 23.2. The van der Waals surface area contributed by atoms with Crippen LogP contribution in [0.25, 0.3) is 0 Å². The molecule has 3 aliphatic rings. The first-order valence-electron chi connectivity index (χ1n) is 24.4. The van der Waals surface area contributed by atoms with Crippen molar-refractivity contribution in [1.29, 1.82) is 0 Å². The van der Waals surface area contributed by atoms with E-state index in [9.17, 15) is 42.6 Å². The highest BCUT2D eigenvalue weighted by atomic mass is 32.2. The highest BCUT2D eigenvalue weighted by Gasteiger charge is 2.52. The number of carbonyl (C=O) groups excluding carboxylic acids is 5. The van der Waals surface area contributed by atoms with Crippen LogP contribution < -0.4 is 4.72 Å². The smallest absolute Gasteiger partial charge is 0.328 e. The standard InChI is InChI=1S/C51H82N2O15S/c1-31-18-16-14-13-15-17-19-32(2)45(55)47(65-11)46(56)35(5)26-33(3)41(54)30-43(34(4)27-38-21-23-42(44(28-38)64-10)66-25-24-63-9)67-50(59)37(7)53(8)49(58)48(57)51(60)36(6)20-22-39(68-51)29-40(31)52-69(12,61)62/h13-16,18,26,32-34,36-40,42-44,46-47,52,56,60H,17,19-25,27-30H2,1-12H3/b15-13-,16-14-,31-18-,35-26-/t32?,33?,34-,36+,37?,38+,39-,40?,42-,43?,44-,46?,47?,51+/m1/s1. The number of sulfonamides is 1. The van der Waals surface area contributed by atoms with Crippen molar-refractivity contribution in [2.24, 2.45) is 29.6 Å². The fourth-order valence-corrected chi connectivity index (χ4v) is 10.1. The van der Waals surface area contributed by atoms with Crippen LogP contribution in [0.15, 0.2) is 47.6 Å². The van der Waals surface area contributed by atoms with Gasteiger partial charge < -0.3 is 43.5 Å². The Morgan fingerprint density at radius 2 is 1.59 bits per heavy atom. The molecule has 3 rings (SSSR count). The third kappa shape index (κ3) is 17.7. The molecule has 0 radical (unpaired) electrons. The normalized spacial score (nSPS) is 37.0. The van der Waals surface area contributed by atoms with Crippen LogP contribution in [0.1, 0.15) is 113 Å². The van der Waals surface area contributed by atoms with Gasteiger partial charge in [0.2, 0.25) is 15.8 Å². The van der Waals surface area contributed by atoms with Crippen LogP contribution in [-0.4, -0.2) is 155 Å². The van der Waals surface area contributed by atoms with Gasteiger partial charge in [-0.25, -0.2) is 17.9 Å². The van der Waals surface area contributed by atoms with Gasteiger partial charge in [0.1, 0.15) is 30.1 Å². The maximum Gasteiger partial charge on any atom is 0.328 e. The Bertz CT molecular complexity index is 1970. The van der Waals surface area contributed by atoms with Crippen molar-refractivity contribution in [2.75, 3.05) is 47.8 Å². The molecular formula is C51H82N2O15S. The van der Waals surface area contributed by atoms with Gasteiger partial charge in [-0.2, -0.15) is 0 Å². The second-order valence-corrected chi connectivity index (χ2v) is 21.4. The minimum atomic E-state index is -3.74. The second-order valence-electron chi connectivity index (χ2n) is 19.6. The van der Waals surface area contributed by atoms with Crippen molar-refractivity contribution >= 4 is 39.2 Å². The van der Waals surface area contributed by atoms with E-state index in [2.05, 4.69) is 4.72 Å². The molecule has 2 heterocycles. The monoisotopic (exact) mass is 995 g/mol. The predicted octanol–water partition coefficient (Wildman–Crippen LogP) is 4.97. The Hall–Kier alpha value is -3.46. The molecule has 14 atom stereocenters. The fraction of sp³-hybridized carbons (Fsp3) is 0.745. The van der Waals surface area contributed by atoms with E-state index in [4.69, 9.17) is 28.4 Å². The molecule has 2 aliphatic heterocycles.